The number of hydrogen-bond acceptors (Lipinski definition) is 3. The van der Waals surface area contributed by atoms with Gasteiger partial charge in [0.1, 0.15) is 5.60 Å². The molecule has 2 N–H and O–H groups in total. The molecule has 0 radical (unpaired) electrons. The van der Waals surface area contributed by atoms with Gasteiger partial charge in [0.25, 0.3) is 5.56 Å². The Morgan fingerprint density at radius 1 is 1.50 bits per heavy atom. The molecule has 1 rings (SSSR count). The number of alkyl carbamates (subject to hydrolysis) is 1. The summed E-state index contributed by atoms with van der Waals surface area (Å²) in [5.74, 6) is 0. The van der Waals surface area contributed by atoms with Gasteiger partial charge in [0.15, 0.2) is 0 Å². The number of pyridine rings is 1. The van der Waals surface area contributed by atoms with Crippen LogP contribution >= 0.6 is 15.9 Å². The number of H-pyrrole nitrogens is 1. The Bertz CT molecular complexity index is 477. The Balaban J connectivity index is 2.45. The Morgan fingerprint density at radius 3 is 2.78 bits per heavy atom. The topological polar surface area (TPSA) is 71.2 Å². The summed E-state index contributed by atoms with van der Waals surface area (Å²) in [4.78, 5) is 25.4. The summed E-state index contributed by atoms with van der Waals surface area (Å²) in [5.41, 5.74) is -0.0539. The van der Waals surface area contributed by atoms with Gasteiger partial charge in [0.05, 0.1) is 0 Å². The van der Waals surface area contributed by atoms with E-state index in [4.69, 9.17) is 4.74 Å². The monoisotopic (exact) mass is 316 g/mol. The van der Waals surface area contributed by atoms with Crippen molar-refractivity contribution < 1.29 is 9.53 Å². The van der Waals surface area contributed by atoms with Crippen molar-refractivity contribution in [3.8, 4) is 0 Å². The molecule has 0 bridgehead atoms. The summed E-state index contributed by atoms with van der Waals surface area (Å²) in [6, 6.07) is 1.73. The molecule has 18 heavy (non-hydrogen) atoms. The third-order valence-electron chi connectivity index (χ3n) is 2.01. The standard InChI is InChI=1S/C12H17BrN2O3/c1-12(2,3)18-11(17)14-5-4-8-6-9(13)7-15-10(8)16/h6-7H,4-5H2,1-3H3,(H,14,17)(H,15,16). The van der Waals surface area contributed by atoms with Crippen molar-refractivity contribution in [2.75, 3.05) is 6.54 Å². The van der Waals surface area contributed by atoms with Crippen LogP contribution in [0.4, 0.5) is 4.79 Å². The van der Waals surface area contributed by atoms with E-state index in [1.54, 1.807) is 33.0 Å². The molecule has 0 atom stereocenters. The van der Waals surface area contributed by atoms with Crippen molar-refractivity contribution in [2.24, 2.45) is 0 Å². The number of halogens is 1. The van der Waals surface area contributed by atoms with Gasteiger partial charge in [-0.3, -0.25) is 4.79 Å². The fraction of sp³-hybridized carbons (Fsp3) is 0.500. The van der Waals surface area contributed by atoms with Gasteiger partial charge in [-0.25, -0.2) is 4.79 Å². The molecule has 1 heterocycles. The van der Waals surface area contributed by atoms with Gasteiger partial charge in [0.2, 0.25) is 0 Å². The van der Waals surface area contributed by atoms with E-state index in [1.807, 2.05) is 0 Å². The molecule has 0 aliphatic carbocycles. The van der Waals surface area contributed by atoms with Crippen molar-refractivity contribution in [2.45, 2.75) is 32.8 Å². The van der Waals surface area contributed by atoms with E-state index < -0.39 is 11.7 Å². The summed E-state index contributed by atoms with van der Waals surface area (Å²) in [5, 5.41) is 2.61. The molecule has 0 saturated carbocycles. The highest BCUT2D eigenvalue weighted by molar-refractivity contribution is 9.10. The largest absolute Gasteiger partial charge is 0.444 e. The van der Waals surface area contributed by atoms with Crippen LogP contribution in [-0.2, 0) is 11.2 Å². The SMILES string of the molecule is CC(C)(C)OC(=O)NCCc1cc(Br)c[nH]c1=O. The number of amides is 1. The van der Waals surface area contributed by atoms with Crippen molar-refractivity contribution in [3.05, 3.63) is 32.7 Å². The highest BCUT2D eigenvalue weighted by Crippen LogP contribution is 2.08. The van der Waals surface area contributed by atoms with E-state index in [2.05, 4.69) is 26.2 Å². The summed E-state index contributed by atoms with van der Waals surface area (Å²) in [6.45, 7) is 5.75. The van der Waals surface area contributed by atoms with Crippen LogP contribution in [-0.4, -0.2) is 23.2 Å². The zero-order valence-electron chi connectivity index (χ0n) is 10.7. The van der Waals surface area contributed by atoms with Gasteiger partial charge in [-0.1, -0.05) is 0 Å². The number of carbonyl (C=O) groups excluding carboxylic acids is 1. The van der Waals surface area contributed by atoms with Crippen molar-refractivity contribution >= 4 is 22.0 Å². The van der Waals surface area contributed by atoms with Crippen molar-refractivity contribution in [1.82, 2.24) is 10.3 Å². The second-order valence-corrected chi connectivity index (χ2v) is 5.77. The number of nitrogens with one attached hydrogen (secondary N) is 2. The van der Waals surface area contributed by atoms with E-state index in [1.165, 1.54) is 0 Å². The van der Waals surface area contributed by atoms with Gasteiger partial charge in [-0.05, 0) is 49.2 Å². The molecule has 0 fully saturated rings. The molecule has 0 saturated heterocycles. The first-order chi connectivity index (χ1) is 8.28. The first kappa shape index (κ1) is 14.8. The highest BCUT2D eigenvalue weighted by atomic mass is 79.9. The highest BCUT2D eigenvalue weighted by Gasteiger charge is 2.15. The third-order valence-corrected chi connectivity index (χ3v) is 2.47. The van der Waals surface area contributed by atoms with Crippen LogP contribution in [0.1, 0.15) is 26.3 Å². The lowest BCUT2D eigenvalue weighted by Gasteiger charge is -2.19. The van der Waals surface area contributed by atoms with Crippen LogP contribution < -0.4 is 10.9 Å². The molecule has 100 valence electrons. The van der Waals surface area contributed by atoms with Crippen LogP contribution in [0, 0.1) is 0 Å². The van der Waals surface area contributed by atoms with Crippen LogP contribution in [0.5, 0.6) is 0 Å². The van der Waals surface area contributed by atoms with Gasteiger partial charge in [-0.15, -0.1) is 0 Å². The average Bonchev–Trinajstić information content (AvgIpc) is 2.20. The molecule has 0 spiro atoms. The van der Waals surface area contributed by atoms with Crippen LogP contribution in [0.25, 0.3) is 0 Å². The Kier molecular flexibility index (Phi) is 4.95. The molecule has 0 aliphatic rings. The first-order valence-electron chi connectivity index (χ1n) is 5.62. The number of rotatable bonds is 3. The molecular formula is C12H17BrN2O3. The molecule has 0 aliphatic heterocycles. The normalized spacial score (nSPS) is 11.1. The van der Waals surface area contributed by atoms with Gasteiger partial charge >= 0.3 is 6.09 Å². The van der Waals surface area contributed by atoms with Crippen molar-refractivity contribution in [3.63, 3.8) is 0 Å². The fourth-order valence-electron chi connectivity index (χ4n) is 1.30. The summed E-state index contributed by atoms with van der Waals surface area (Å²) in [6.07, 6.45) is 1.55. The number of aromatic nitrogens is 1. The zero-order valence-corrected chi connectivity index (χ0v) is 12.3. The minimum Gasteiger partial charge on any atom is -0.444 e. The third kappa shape index (κ3) is 5.35. The van der Waals surface area contributed by atoms with E-state index in [0.717, 1.165) is 4.47 Å². The average molecular weight is 317 g/mol. The van der Waals surface area contributed by atoms with Crippen molar-refractivity contribution in [1.29, 1.82) is 0 Å². The molecule has 6 heteroatoms. The second-order valence-electron chi connectivity index (χ2n) is 4.85. The van der Waals surface area contributed by atoms with E-state index in [-0.39, 0.29) is 5.56 Å². The number of carbonyl (C=O) groups is 1. The molecule has 0 aromatic carbocycles. The summed E-state index contributed by atoms with van der Waals surface area (Å²) in [7, 11) is 0. The minimum atomic E-state index is -0.517. The molecule has 1 aromatic heterocycles. The van der Waals surface area contributed by atoms with Crippen LogP contribution in [0.15, 0.2) is 21.5 Å². The minimum absolute atomic E-state index is 0.149. The lowest BCUT2D eigenvalue weighted by molar-refractivity contribution is 0.0528. The summed E-state index contributed by atoms with van der Waals surface area (Å²) >= 11 is 3.27. The van der Waals surface area contributed by atoms with Gasteiger partial charge < -0.3 is 15.0 Å². The Hall–Kier alpha value is -1.30. The van der Waals surface area contributed by atoms with Crippen LogP contribution in [0.2, 0.25) is 0 Å². The lowest BCUT2D eigenvalue weighted by atomic mass is 10.2. The smallest absolute Gasteiger partial charge is 0.407 e. The number of aromatic amines is 1. The Labute approximate surface area is 114 Å². The molecule has 5 nitrogen and oxygen atoms in total. The van der Waals surface area contributed by atoms with E-state index in [9.17, 15) is 9.59 Å². The lowest BCUT2D eigenvalue weighted by Crippen LogP contribution is -2.34. The first-order valence-corrected chi connectivity index (χ1v) is 6.41. The number of ether oxygens (including phenoxy) is 1. The maximum Gasteiger partial charge on any atom is 0.407 e. The van der Waals surface area contributed by atoms with E-state index in [0.29, 0.717) is 18.5 Å². The zero-order chi connectivity index (χ0) is 13.8. The second kappa shape index (κ2) is 6.04. The maximum atomic E-state index is 11.5. The molecular weight excluding hydrogens is 300 g/mol. The van der Waals surface area contributed by atoms with Gasteiger partial charge in [0, 0.05) is 22.8 Å². The quantitative estimate of drug-likeness (QED) is 0.898. The molecule has 1 amide bonds. The predicted octanol–water partition coefficient (Wildman–Crippen LogP) is 2.20. The van der Waals surface area contributed by atoms with Crippen LogP contribution in [0.3, 0.4) is 0 Å². The van der Waals surface area contributed by atoms with Gasteiger partial charge in [-0.2, -0.15) is 0 Å². The predicted molar refractivity (Wildman–Crippen MR) is 72.7 cm³/mol. The molecule has 1 aromatic rings. The fourth-order valence-corrected chi connectivity index (χ4v) is 1.69. The Morgan fingerprint density at radius 2 is 2.17 bits per heavy atom. The maximum absolute atomic E-state index is 11.5. The number of hydrogen-bond donors (Lipinski definition) is 2. The summed E-state index contributed by atoms with van der Waals surface area (Å²) < 4.78 is 5.88. The molecule has 0 unspecified atom stereocenters. The van der Waals surface area contributed by atoms with E-state index >= 15 is 0 Å².